The molecule has 1 aliphatic heterocycles. The molecule has 23 heavy (non-hydrogen) atoms. The molecule has 3 fully saturated rings. The molecule has 6 heteroatoms. The number of hydrogen-bond acceptors (Lipinski definition) is 6. The van der Waals surface area contributed by atoms with Gasteiger partial charge in [-0.3, -0.25) is 9.59 Å². The molecule has 5 atom stereocenters. The van der Waals surface area contributed by atoms with E-state index < -0.39 is 29.7 Å². The van der Waals surface area contributed by atoms with Gasteiger partial charge in [-0.2, -0.15) is 0 Å². The minimum atomic E-state index is -1.12. The molecule has 2 saturated carbocycles. The fraction of sp³-hybridized carbons (Fsp3) is 0.824. The molecule has 3 rings (SSSR count). The summed E-state index contributed by atoms with van der Waals surface area (Å²) in [6, 6.07) is 0. The largest absolute Gasteiger partial charge is 0.453 e. The molecule has 0 spiro atoms. The number of carbonyl (C=O) groups excluding carboxylic acids is 3. The van der Waals surface area contributed by atoms with Crippen molar-refractivity contribution in [3.8, 4) is 0 Å². The minimum Gasteiger partial charge on any atom is -0.453 e. The molecule has 3 aliphatic rings. The van der Waals surface area contributed by atoms with Crippen LogP contribution in [-0.4, -0.2) is 30.3 Å². The lowest BCUT2D eigenvalue weighted by molar-refractivity contribution is -0.226. The monoisotopic (exact) mass is 324 g/mol. The molecule has 0 aromatic heterocycles. The third-order valence-corrected chi connectivity index (χ3v) is 6.00. The smallest absolute Gasteiger partial charge is 0.347 e. The highest BCUT2D eigenvalue weighted by Crippen LogP contribution is 2.63. The molecule has 5 unspecified atom stereocenters. The Morgan fingerprint density at radius 3 is 2.70 bits per heavy atom. The molecule has 0 aromatic rings. The van der Waals surface area contributed by atoms with E-state index in [0.717, 1.165) is 6.42 Å². The SMILES string of the molecule is CCC(C)(C)C(=O)OCC(=O)OC12CC3CC1C(C(=O)O2)C3C. The normalized spacial score (nSPS) is 37.7. The van der Waals surface area contributed by atoms with Crippen molar-refractivity contribution in [2.24, 2.45) is 29.1 Å². The third-order valence-electron chi connectivity index (χ3n) is 6.00. The van der Waals surface area contributed by atoms with Gasteiger partial charge in [-0.05, 0) is 38.5 Å². The number of hydrogen-bond donors (Lipinski definition) is 0. The lowest BCUT2D eigenvalue weighted by Gasteiger charge is -2.31. The molecule has 0 amide bonds. The van der Waals surface area contributed by atoms with Crippen LogP contribution in [0.15, 0.2) is 0 Å². The van der Waals surface area contributed by atoms with Gasteiger partial charge in [-0.15, -0.1) is 0 Å². The van der Waals surface area contributed by atoms with Crippen molar-refractivity contribution in [3.63, 3.8) is 0 Å². The van der Waals surface area contributed by atoms with E-state index in [9.17, 15) is 14.4 Å². The molecular formula is C17H24O6. The molecule has 2 bridgehead atoms. The summed E-state index contributed by atoms with van der Waals surface area (Å²) in [6.07, 6.45) is 2.03. The average molecular weight is 324 g/mol. The van der Waals surface area contributed by atoms with E-state index in [1.54, 1.807) is 13.8 Å². The van der Waals surface area contributed by atoms with Crippen LogP contribution in [0, 0.1) is 29.1 Å². The minimum absolute atomic E-state index is 0.0539. The molecule has 128 valence electrons. The lowest BCUT2D eigenvalue weighted by atomic mass is 9.79. The van der Waals surface area contributed by atoms with Gasteiger partial charge in [0.25, 0.3) is 5.79 Å². The van der Waals surface area contributed by atoms with Crippen molar-refractivity contribution in [1.29, 1.82) is 0 Å². The highest BCUT2D eigenvalue weighted by molar-refractivity contribution is 5.81. The van der Waals surface area contributed by atoms with Gasteiger partial charge in [-0.25, -0.2) is 4.79 Å². The van der Waals surface area contributed by atoms with Crippen LogP contribution in [0.4, 0.5) is 0 Å². The van der Waals surface area contributed by atoms with E-state index in [2.05, 4.69) is 6.92 Å². The summed E-state index contributed by atoms with van der Waals surface area (Å²) in [4.78, 5) is 36.0. The lowest BCUT2D eigenvalue weighted by Crippen LogP contribution is -2.42. The maximum atomic E-state index is 12.1. The third kappa shape index (κ3) is 2.42. The second-order valence-electron chi connectivity index (χ2n) is 7.71. The van der Waals surface area contributed by atoms with E-state index >= 15 is 0 Å². The average Bonchev–Trinajstić information content (AvgIpc) is 3.04. The summed E-state index contributed by atoms with van der Waals surface area (Å²) in [5.41, 5.74) is -0.634. The second-order valence-corrected chi connectivity index (χ2v) is 7.71. The van der Waals surface area contributed by atoms with E-state index in [1.807, 2.05) is 6.92 Å². The molecule has 0 N–H and O–H groups in total. The number of esters is 3. The molecule has 6 nitrogen and oxygen atoms in total. The Balaban J connectivity index is 1.60. The standard InChI is InChI=1S/C17H24O6/c1-5-16(3,4)15(20)21-8-12(18)22-17-7-10-6-11(17)13(9(10)2)14(19)23-17/h9-11,13H,5-8H2,1-4H3. The molecule has 1 saturated heterocycles. The van der Waals surface area contributed by atoms with Crippen LogP contribution in [0.25, 0.3) is 0 Å². The predicted molar refractivity (Wildman–Crippen MR) is 78.8 cm³/mol. The zero-order valence-electron chi connectivity index (χ0n) is 14.1. The van der Waals surface area contributed by atoms with Gasteiger partial charge in [0.05, 0.1) is 17.3 Å². The van der Waals surface area contributed by atoms with Crippen LogP contribution < -0.4 is 0 Å². The number of rotatable bonds is 5. The highest BCUT2D eigenvalue weighted by Gasteiger charge is 2.70. The number of fused-ring (bicyclic) bond motifs is 1. The first kappa shape index (κ1) is 16.3. The Hall–Kier alpha value is -1.59. The van der Waals surface area contributed by atoms with E-state index in [1.165, 1.54) is 0 Å². The Kier molecular flexibility index (Phi) is 3.69. The first-order valence-corrected chi connectivity index (χ1v) is 8.32. The molecular weight excluding hydrogens is 300 g/mol. The second kappa shape index (κ2) is 5.21. The van der Waals surface area contributed by atoms with Crippen molar-refractivity contribution in [2.75, 3.05) is 6.61 Å². The molecule has 0 aromatic carbocycles. The first-order chi connectivity index (χ1) is 10.7. The van der Waals surface area contributed by atoms with Crippen LogP contribution >= 0.6 is 0 Å². The van der Waals surface area contributed by atoms with Crippen molar-refractivity contribution in [3.05, 3.63) is 0 Å². The van der Waals surface area contributed by atoms with Crippen molar-refractivity contribution >= 4 is 17.9 Å². The van der Waals surface area contributed by atoms with E-state index in [0.29, 0.717) is 18.8 Å². The Morgan fingerprint density at radius 2 is 2.09 bits per heavy atom. The summed E-state index contributed by atoms with van der Waals surface area (Å²) < 4.78 is 16.0. The fourth-order valence-electron chi connectivity index (χ4n) is 4.15. The number of carbonyl (C=O) groups is 3. The van der Waals surface area contributed by atoms with Crippen LogP contribution in [0.3, 0.4) is 0 Å². The van der Waals surface area contributed by atoms with Gasteiger partial charge in [0.1, 0.15) is 0 Å². The quantitative estimate of drug-likeness (QED) is 0.720. The fourth-order valence-corrected chi connectivity index (χ4v) is 4.15. The van der Waals surface area contributed by atoms with Gasteiger partial charge in [0.2, 0.25) is 0 Å². The zero-order valence-corrected chi connectivity index (χ0v) is 14.1. The van der Waals surface area contributed by atoms with Crippen molar-refractivity contribution in [1.82, 2.24) is 0 Å². The molecule has 0 radical (unpaired) electrons. The van der Waals surface area contributed by atoms with E-state index in [4.69, 9.17) is 14.2 Å². The maximum Gasteiger partial charge on any atom is 0.347 e. The van der Waals surface area contributed by atoms with Crippen LogP contribution in [0.2, 0.25) is 0 Å². The van der Waals surface area contributed by atoms with E-state index in [-0.39, 0.29) is 23.7 Å². The zero-order chi connectivity index (χ0) is 17.0. The molecule has 2 aliphatic carbocycles. The van der Waals surface area contributed by atoms with Crippen LogP contribution in [-0.2, 0) is 28.6 Å². The van der Waals surface area contributed by atoms with Gasteiger partial charge in [0, 0.05) is 6.42 Å². The number of ether oxygens (including phenoxy) is 3. The van der Waals surface area contributed by atoms with Crippen molar-refractivity contribution < 1.29 is 28.6 Å². The summed E-state index contributed by atoms with van der Waals surface area (Å²) >= 11 is 0. The topological polar surface area (TPSA) is 78.9 Å². The van der Waals surface area contributed by atoms with Crippen LogP contribution in [0.1, 0.15) is 47.0 Å². The first-order valence-electron chi connectivity index (χ1n) is 8.32. The Morgan fingerprint density at radius 1 is 1.39 bits per heavy atom. The summed E-state index contributed by atoms with van der Waals surface area (Å²) in [5.74, 6) is -2.06. The Bertz CT molecular complexity index is 553. The van der Waals surface area contributed by atoms with Crippen molar-refractivity contribution in [2.45, 2.75) is 52.7 Å². The van der Waals surface area contributed by atoms with Gasteiger partial charge < -0.3 is 14.2 Å². The highest BCUT2D eigenvalue weighted by atomic mass is 16.7. The summed E-state index contributed by atoms with van der Waals surface area (Å²) in [7, 11) is 0. The predicted octanol–water partition coefficient (Wildman–Crippen LogP) is 2.05. The molecule has 1 heterocycles. The Labute approximate surface area is 135 Å². The maximum absolute atomic E-state index is 12.1. The van der Waals surface area contributed by atoms with Gasteiger partial charge in [0.15, 0.2) is 6.61 Å². The van der Waals surface area contributed by atoms with Crippen LogP contribution in [0.5, 0.6) is 0 Å². The summed E-state index contributed by atoms with van der Waals surface area (Å²) in [5, 5.41) is 0. The van der Waals surface area contributed by atoms with Gasteiger partial charge >= 0.3 is 17.9 Å². The van der Waals surface area contributed by atoms with Gasteiger partial charge in [-0.1, -0.05) is 13.8 Å². The summed E-state index contributed by atoms with van der Waals surface area (Å²) in [6.45, 7) is 7.02.